The first-order valence-corrected chi connectivity index (χ1v) is 18.6. The van der Waals surface area contributed by atoms with Crippen LogP contribution in [-0.4, -0.2) is 122 Å². The second-order valence-corrected chi connectivity index (χ2v) is 14.2. The highest BCUT2D eigenvalue weighted by Gasteiger charge is 2.36. The van der Waals surface area contributed by atoms with Gasteiger partial charge in [-0.25, -0.2) is 9.78 Å². The van der Waals surface area contributed by atoms with E-state index in [4.69, 9.17) is 17.2 Å². The lowest BCUT2D eigenvalue weighted by Gasteiger charge is -2.30. The summed E-state index contributed by atoms with van der Waals surface area (Å²) in [6.07, 6.45) is 2.07. The number of hydrogen-bond acceptors (Lipinski definition) is 12. The second-order valence-electron chi connectivity index (χ2n) is 14.2. The third-order valence-corrected chi connectivity index (χ3v) is 9.31. The van der Waals surface area contributed by atoms with E-state index < -0.39 is 133 Å². The van der Waals surface area contributed by atoms with Crippen LogP contribution in [0.1, 0.15) is 79.3 Å². The molecule has 22 heteroatoms. The van der Waals surface area contributed by atoms with Crippen LogP contribution in [0.25, 0.3) is 0 Å². The van der Waals surface area contributed by atoms with Gasteiger partial charge in [0.2, 0.25) is 47.3 Å². The van der Waals surface area contributed by atoms with Crippen LogP contribution in [0.3, 0.4) is 0 Å². The van der Waals surface area contributed by atoms with Crippen molar-refractivity contribution in [2.75, 3.05) is 6.61 Å². The van der Waals surface area contributed by atoms with Crippen LogP contribution in [0.5, 0.6) is 0 Å². The number of aliphatic hydroxyl groups is 1. The zero-order chi connectivity index (χ0) is 43.6. The molecule has 0 saturated carbocycles. The Balaban J connectivity index is 3.24. The van der Waals surface area contributed by atoms with Crippen molar-refractivity contribution in [1.29, 1.82) is 0 Å². The first kappa shape index (κ1) is 49.4. The van der Waals surface area contributed by atoms with Gasteiger partial charge in [0, 0.05) is 24.7 Å². The number of carboxylic acid groups (broad SMARTS) is 1. The summed E-state index contributed by atoms with van der Waals surface area (Å²) in [5.74, 6) is -9.98. The summed E-state index contributed by atoms with van der Waals surface area (Å²) in [6, 6.07) is -9.75. The summed E-state index contributed by atoms with van der Waals surface area (Å²) in [4.78, 5) is 122. The Bertz CT molecular complexity index is 1560. The van der Waals surface area contributed by atoms with Gasteiger partial charge in [0.15, 0.2) is 0 Å². The minimum atomic E-state index is -1.69. The smallest absolute Gasteiger partial charge is 0.326 e. The number of nitrogens with one attached hydrogen (secondary N) is 7. The van der Waals surface area contributed by atoms with Crippen molar-refractivity contribution in [1.82, 2.24) is 41.9 Å². The fraction of sp³-hybridized carbons (Fsp3) is 0.657. The van der Waals surface area contributed by atoms with E-state index in [1.165, 1.54) is 12.5 Å². The van der Waals surface area contributed by atoms with Gasteiger partial charge in [-0.05, 0) is 24.2 Å². The lowest BCUT2D eigenvalue weighted by molar-refractivity contribution is -0.142. The Kier molecular flexibility index (Phi) is 20.9. The number of aromatic nitrogens is 2. The van der Waals surface area contributed by atoms with Gasteiger partial charge in [0.1, 0.15) is 36.3 Å². The van der Waals surface area contributed by atoms with Gasteiger partial charge >= 0.3 is 5.97 Å². The topological polar surface area (TPSA) is 373 Å². The first-order valence-electron chi connectivity index (χ1n) is 18.6. The number of carbonyl (C=O) groups excluding carboxylic acids is 8. The first-order chi connectivity index (χ1) is 26.7. The molecule has 0 aromatic carbocycles. The van der Waals surface area contributed by atoms with Crippen molar-refractivity contribution in [3.63, 3.8) is 0 Å². The predicted molar refractivity (Wildman–Crippen MR) is 203 cm³/mol. The highest BCUT2D eigenvalue weighted by molar-refractivity contribution is 5.97. The Morgan fingerprint density at radius 1 is 0.684 bits per heavy atom. The van der Waals surface area contributed by atoms with E-state index in [0.717, 1.165) is 0 Å². The van der Waals surface area contributed by atoms with E-state index in [0.29, 0.717) is 18.5 Å². The zero-order valence-electron chi connectivity index (χ0n) is 33.1. The molecule has 15 N–H and O–H groups in total. The van der Waals surface area contributed by atoms with Crippen LogP contribution in [0, 0.1) is 17.8 Å². The van der Waals surface area contributed by atoms with Crippen LogP contribution >= 0.6 is 0 Å². The zero-order valence-corrected chi connectivity index (χ0v) is 33.1. The highest BCUT2D eigenvalue weighted by Crippen LogP contribution is 2.13. The average molecular weight is 810 g/mol. The van der Waals surface area contributed by atoms with Crippen molar-refractivity contribution in [3.05, 3.63) is 18.2 Å². The molecule has 0 spiro atoms. The van der Waals surface area contributed by atoms with Crippen molar-refractivity contribution in [3.8, 4) is 0 Å². The number of nitrogens with zero attached hydrogens (tertiary/aromatic N) is 1. The minimum Gasteiger partial charge on any atom is -0.480 e. The number of aliphatic carboxylic acids is 1. The standard InChI is InChI=1S/C35H59N11O11/c1-7-17(5)27(33(54)42-22(35(56)57)11-19-13-39-15-40-19)45-30(51)21(9-10-24(37)48)41-31(52)23(14-47)43-34(55)28(18(6)8-2)46-32(53)26(16(3)4)44-29(50)20(36)12-25(38)49/h13,15-18,20-23,26-28,47H,7-12,14,36H2,1-6H3,(H2,37,48)(H2,38,49)(H,39,40)(H,41,52)(H,42,54)(H,43,55)(H,44,50)(H,45,51)(H,46,53)(H,56,57)/t17-,18-,20-,21-,22-,23-,26-,27-,28-/m0/s1. The summed E-state index contributed by atoms with van der Waals surface area (Å²) in [5, 5.41) is 34.6. The van der Waals surface area contributed by atoms with E-state index in [9.17, 15) is 53.4 Å². The van der Waals surface area contributed by atoms with Crippen LogP contribution in [0.2, 0.25) is 0 Å². The lowest BCUT2D eigenvalue weighted by Crippen LogP contribution is -2.62. The molecule has 0 saturated heterocycles. The van der Waals surface area contributed by atoms with Gasteiger partial charge in [-0.1, -0.05) is 54.4 Å². The fourth-order valence-electron chi connectivity index (χ4n) is 5.37. The number of hydrogen-bond donors (Lipinski definition) is 12. The number of carboxylic acids is 1. The molecule has 1 rings (SSSR count). The van der Waals surface area contributed by atoms with Gasteiger partial charge in [-0.3, -0.25) is 38.4 Å². The third-order valence-electron chi connectivity index (χ3n) is 9.31. The largest absolute Gasteiger partial charge is 0.480 e. The molecule has 320 valence electrons. The van der Waals surface area contributed by atoms with Crippen LogP contribution in [-0.2, 0) is 49.6 Å². The van der Waals surface area contributed by atoms with Crippen LogP contribution < -0.4 is 49.1 Å². The molecule has 0 aliphatic heterocycles. The second kappa shape index (κ2) is 24.1. The van der Waals surface area contributed by atoms with E-state index in [2.05, 4.69) is 41.9 Å². The van der Waals surface area contributed by atoms with Crippen molar-refractivity contribution in [2.45, 2.75) is 122 Å². The van der Waals surface area contributed by atoms with E-state index in [1.807, 2.05) is 0 Å². The molecule has 0 aliphatic carbocycles. The maximum absolute atomic E-state index is 13.6. The van der Waals surface area contributed by atoms with Crippen molar-refractivity contribution in [2.24, 2.45) is 35.0 Å². The molecule has 8 amide bonds. The molecule has 9 atom stereocenters. The van der Waals surface area contributed by atoms with E-state index in [1.54, 1.807) is 41.5 Å². The Hall–Kier alpha value is -5.64. The van der Waals surface area contributed by atoms with Gasteiger partial charge < -0.3 is 64.3 Å². The number of nitrogens with two attached hydrogens (primary N) is 3. The molecule has 0 unspecified atom stereocenters. The lowest BCUT2D eigenvalue weighted by atomic mass is 9.96. The molecular weight excluding hydrogens is 750 g/mol. The Labute approximate surface area is 330 Å². The van der Waals surface area contributed by atoms with Crippen molar-refractivity contribution >= 4 is 53.2 Å². The molecule has 22 nitrogen and oxygen atoms in total. The quantitative estimate of drug-likeness (QED) is 0.0427. The SMILES string of the molecule is CC[C@H](C)[C@H](NC(=O)[C@H](CCC(N)=O)NC(=O)[C@H](CO)NC(=O)[C@@H](NC(=O)[C@@H](NC(=O)[C@@H](N)CC(N)=O)C(C)C)[C@@H](C)CC)C(=O)N[C@@H](Cc1cnc[nH]1)C(=O)O. The molecular formula is C35H59N11O11. The van der Waals surface area contributed by atoms with Crippen molar-refractivity contribution < 1.29 is 53.4 Å². The summed E-state index contributed by atoms with van der Waals surface area (Å²) in [6.45, 7) is 8.98. The molecule has 1 aromatic heterocycles. The average Bonchev–Trinajstić information content (AvgIpc) is 3.66. The number of amides is 8. The summed E-state index contributed by atoms with van der Waals surface area (Å²) in [5.41, 5.74) is 16.6. The number of aliphatic hydroxyl groups excluding tert-OH is 1. The molecule has 1 aromatic rings. The molecule has 0 radical (unpaired) electrons. The Morgan fingerprint density at radius 2 is 1.16 bits per heavy atom. The number of primary amides is 2. The molecule has 0 fully saturated rings. The maximum Gasteiger partial charge on any atom is 0.326 e. The number of aromatic amines is 1. The fourth-order valence-corrected chi connectivity index (χ4v) is 5.37. The van der Waals surface area contributed by atoms with E-state index in [-0.39, 0.29) is 12.8 Å². The third kappa shape index (κ3) is 16.5. The van der Waals surface area contributed by atoms with Gasteiger partial charge in [-0.2, -0.15) is 0 Å². The molecule has 1 heterocycles. The highest BCUT2D eigenvalue weighted by atomic mass is 16.4. The summed E-state index contributed by atoms with van der Waals surface area (Å²) in [7, 11) is 0. The minimum absolute atomic E-state index is 0.142. The normalized spacial score (nSPS) is 15.9. The van der Waals surface area contributed by atoms with E-state index >= 15 is 0 Å². The number of rotatable bonds is 26. The number of carbonyl (C=O) groups is 9. The number of H-pyrrole nitrogens is 1. The monoisotopic (exact) mass is 809 g/mol. The summed E-state index contributed by atoms with van der Waals surface area (Å²) < 4.78 is 0. The van der Waals surface area contributed by atoms with Gasteiger partial charge in [0.05, 0.1) is 25.4 Å². The molecule has 0 aliphatic rings. The van der Waals surface area contributed by atoms with Gasteiger partial charge in [-0.15, -0.1) is 0 Å². The van der Waals surface area contributed by atoms with Crippen LogP contribution in [0.4, 0.5) is 0 Å². The Morgan fingerprint density at radius 3 is 1.60 bits per heavy atom. The molecule has 0 bridgehead atoms. The summed E-state index contributed by atoms with van der Waals surface area (Å²) >= 11 is 0. The van der Waals surface area contributed by atoms with Crippen LogP contribution in [0.15, 0.2) is 12.5 Å². The predicted octanol–water partition coefficient (Wildman–Crippen LogP) is -3.85. The number of imidazole rings is 1. The molecule has 57 heavy (non-hydrogen) atoms. The van der Waals surface area contributed by atoms with Gasteiger partial charge in [0.25, 0.3) is 0 Å². The maximum atomic E-state index is 13.6.